The van der Waals surface area contributed by atoms with Crippen LogP contribution in [0.25, 0.3) is 0 Å². The lowest BCUT2D eigenvalue weighted by atomic mass is 10.1. The van der Waals surface area contributed by atoms with E-state index in [9.17, 15) is 18.7 Å². The molecule has 1 rings (SSSR count). The first-order valence-corrected chi connectivity index (χ1v) is 4.24. The number of nitrogens with zero attached hydrogens (tertiary/aromatic N) is 3. The van der Waals surface area contributed by atoms with Crippen molar-refractivity contribution in [2.75, 3.05) is 0 Å². The van der Waals surface area contributed by atoms with Crippen LogP contribution < -0.4 is 0 Å². The summed E-state index contributed by atoms with van der Waals surface area (Å²) < 4.78 is 25.9. The fourth-order valence-corrected chi connectivity index (χ4v) is 1.13. The maximum Gasteiger partial charge on any atom is 0.282 e. The Morgan fingerprint density at radius 3 is 2.60 bits per heavy atom. The van der Waals surface area contributed by atoms with Crippen molar-refractivity contribution in [1.82, 2.24) is 15.0 Å². The van der Waals surface area contributed by atoms with Gasteiger partial charge in [0.15, 0.2) is 12.0 Å². The van der Waals surface area contributed by atoms with Gasteiger partial charge in [0.05, 0.1) is 12.1 Å². The van der Waals surface area contributed by atoms with Gasteiger partial charge < -0.3 is 5.11 Å². The molecule has 0 aromatic carbocycles. The van der Waals surface area contributed by atoms with Crippen LogP contribution in [-0.2, 0) is 6.54 Å². The minimum absolute atomic E-state index is 0.145. The summed E-state index contributed by atoms with van der Waals surface area (Å²) in [6.07, 6.45) is -2.63. The molecule has 0 saturated carbocycles. The van der Waals surface area contributed by atoms with E-state index in [2.05, 4.69) is 10.3 Å². The number of aliphatic hydroxyl groups is 1. The standard InChI is InChI=1S/C8H11F2N3O2/c1-8(2,15)4-13-6(7(9)10)5(3-14)11-12-13/h3,7,15H,4H2,1-2H3. The number of rotatable bonds is 4. The number of carbonyl (C=O) groups is 1. The Bertz CT molecular complexity index is 357. The number of carbonyl (C=O) groups excluding carboxylic acids is 1. The van der Waals surface area contributed by atoms with Crippen molar-refractivity contribution >= 4 is 6.29 Å². The van der Waals surface area contributed by atoms with Crippen molar-refractivity contribution in [3.05, 3.63) is 11.4 Å². The van der Waals surface area contributed by atoms with Gasteiger partial charge in [-0.25, -0.2) is 13.5 Å². The van der Waals surface area contributed by atoms with Gasteiger partial charge in [0.2, 0.25) is 0 Å². The second-order valence-corrected chi connectivity index (χ2v) is 3.75. The van der Waals surface area contributed by atoms with E-state index >= 15 is 0 Å². The monoisotopic (exact) mass is 219 g/mol. The number of hydrogen-bond acceptors (Lipinski definition) is 4. The Balaban J connectivity index is 3.08. The summed E-state index contributed by atoms with van der Waals surface area (Å²) in [5, 5.41) is 16.1. The topological polar surface area (TPSA) is 68.0 Å². The van der Waals surface area contributed by atoms with Crippen LogP contribution in [0.4, 0.5) is 8.78 Å². The minimum atomic E-state index is -2.84. The summed E-state index contributed by atoms with van der Waals surface area (Å²) in [5.41, 5.74) is -2.15. The van der Waals surface area contributed by atoms with Crippen LogP contribution in [-0.4, -0.2) is 32.0 Å². The molecule has 0 spiro atoms. The molecule has 0 atom stereocenters. The number of hydrogen-bond donors (Lipinski definition) is 1. The first kappa shape index (κ1) is 11.7. The molecule has 0 aliphatic carbocycles. The number of halogens is 2. The maximum atomic E-state index is 12.5. The van der Waals surface area contributed by atoms with E-state index in [1.165, 1.54) is 13.8 Å². The van der Waals surface area contributed by atoms with Crippen LogP contribution in [0, 0.1) is 0 Å². The summed E-state index contributed by atoms with van der Waals surface area (Å²) in [4.78, 5) is 10.4. The van der Waals surface area contributed by atoms with Crippen LogP contribution in [0.5, 0.6) is 0 Å². The van der Waals surface area contributed by atoms with Gasteiger partial charge in [0.1, 0.15) is 5.69 Å². The van der Waals surface area contributed by atoms with Crippen molar-refractivity contribution in [2.45, 2.75) is 32.4 Å². The predicted molar refractivity (Wildman–Crippen MR) is 46.7 cm³/mol. The van der Waals surface area contributed by atoms with Crippen molar-refractivity contribution in [1.29, 1.82) is 0 Å². The second-order valence-electron chi connectivity index (χ2n) is 3.75. The molecule has 0 fully saturated rings. The third-order valence-electron chi connectivity index (χ3n) is 1.66. The first-order valence-electron chi connectivity index (χ1n) is 4.24. The van der Waals surface area contributed by atoms with E-state index in [4.69, 9.17) is 0 Å². The van der Waals surface area contributed by atoms with E-state index in [0.717, 1.165) is 4.68 Å². The average molecular weight is 219 g/mol. The molecule has 1 N–H and O–H groups in total. The van der Waals surface area contributed by atoms with Crippen molar-refractivity contribution in [3.63, 3.8) is 0 Å². The quantitative estimate of drug-likeness (QED) is 0.760. The van der Waals surface area contributed by atoms with Gasteiger partial charge in [-0.3, -0.25) is 4.79 Å². The highest BCUT2D eigenvalue weighted by atomic mass is 19.3. The second kappa shape index (κ2) is 4.01. The zero-order chi connectivity index (χ0) is 11.6. The molecule has 0 bridgehead atoms. The van der Waals surface area contributed by atoms with E-state index < -0.39 is 23.4 Å². The predicted octanol–water partition coefficient (Wildman–Crippen LogP) is 0.799. The Kier molecular flexibility index (Phi) is 3.13. The fraction of sp³-hybridized carbons (Fsp3) is 0.625. The van der Waals surface area contributed by atoms with E-state index in [1.54, 1.807) is 0 Å². The molecule has 1 aromatic rings. The largest absolute Gasteiger partial charge is 0.389 e. The maximum absolute atomic E-state index is 12.5. The molecule has 0 amide bonds. The molecule has 0 aliphatic rings. The highest BCUT2D eigenvalue weighted by Gasteiger charge is 2.24. The van der Waals surface area contributed by atoms with Crippen LogP contribution in [0.15, 0.2) is 0 Å². The highest BCUT2D eigenvalue weighted by molar-refractivity contribution is 5.73. The van der Waals surface area contributed by atoms with Gasteiger partial charge in [0.25, 0.3) is 6.43 Å². The molecule has 0 saturated heterocycles. The molecule has 1 aromatic heterocycles. The van der Waals surface area contributed by atoms with Gasteiger partial charge in [0, 0.05) is 0 Å². The number of aldehydes is 1. The van der Waals surface area contributed by atoms with Crippen molar-refractivity contribution in [3.8, 4) is 0 Å². The zero-order valence-electron chi connectivity index (χ0n) is 8.31. The molecular weight excluding hydrogens is 208 g/mol. The Labute approximate surface area is 84.7 Å². The summed E-state index contributed by atoms with van der Waals surface area (Å²) in [6, 6.07) is 0. The van der Waals surface area contributed by atoms with Gasteiger partial charge >= 0.3 is 0 Å². The molecule has 15 heavy (non-hydrogen) atoms. The number of aromatic nitrogens is 3. The Morgan fingerprint density at radius 1 is 1.60 bits per heavy atom. The van der Waals surface area contributed by atoms with Crippen LogP contribution in [0.3, 0.4) is 0 Å². The van der Waals surface area contributed by atoms with Crippen LogP contribution in [0.2, 0.25) is 0 Å². The highest BCUT2D eigenvalue weighted by Crippen LogP contribution is 2.21. The lowest BCUT2D eigenvalue weighted by molar-refractivity contribution is 0.0506. The molecule has 1 heterocycles. The van der Waals surface area contributed by atoms with Crippen LogP contribution in [0.1, 0.15) is 36.5 Å². The van der Waals surface area contributed by atoms with Gasteiger partial charge in [-0.2, -0.15) is 0 Å². The third-order valence-corrected chi connectivity index (χ3v) is 1.66. The molecular formula is C8H11F2N3O2. The van der Waals surface area contributed by atoms with Gasteiger partial charge in [-0.15, -0.1) is 5.10 Å². The third kappa shape index (κ3) is 2.79. The molecule has 0 radical (unpaired) electrons. The van der Waals surface area contributed by atoms with Gasteiger partial charge in [-0.1, -0.05) is 5.21 Å². The van der Waals surface area contributed by atoms with Gasteiger partial charge in [-0.05, 0) is 13.8 Å². The van der Waals surface area contributed by atoms with Crippen LogP contribution >= 0.6 is 0 Å². The number of alkyl halides is 2. The molecule has 84 valence electrons. The molecule has 0 unspecified atom stereocenters. The van der Waals surface area contributed by atoms with Crippen molar-refractivity contribution in [2.24, 2.45) is 0 Å². The normalized spacial score (nSPS) is 12.1. The summed E-state index contributed by atoms with van der Waals surface area (Å²) in [7, 11) is 0. The molecule has 5 nitrogen and oxygen atoms in total. The van der Waals surface area contributed by atoms with E-state index in [-0.39, 0.29) is 12.8 Å². The lowest BCUT2D eigenvalue weighted by Crippen LogP contribution is -2.28. The van der Waals surface area contributed by atoms with E-state index in [1.807, 2.05) is 0 Å². The summed E-state index contributed by atoms with van der Waals surface area (Å²) in [6.45, 7) is 2.75. The zero-order valence-corrected chi connectivity index (χ0v) is 8.31. The fourth-order valence-electron chi connectivity index (χ4n) is 1.13. The Hall–Kier alpha value is -1.37. The van der Waals surface area contributed by atoms with E-state index in [0.29, 0.717) is 0 Å². The molecule has 7 heteroatoms. The Morgan fingerprint density at radius 2 is 2.20 bits per heavy atom. The van der Waals surface area contributed by atoms with Crippen molar-refractivity contribution < 1.29 is 18.7 Å². The summed E-state index contributed by atoms with van der Waals surface area (Å²) in [5.74, 6) is 0. The smallest absolute Gasteiger partial charge is 0.282 e. The molecule has 0 aliphatic heterocycles. The average Bonchev–Trinajstić information content (AvgIpc) is 2.44. The SMILES string of the molecule is CC(C)(O)Cn1nnc(C=O)c1C(F)F. The first-order chi connectivity index (χ1) is 6.85. The minimum Gasteiger partial charge on any atom is -0.389 e. The lowest BCUT2D eigenvalue weighted by Gasteiger charge is -2.17. The summed E-state index contributed by atoms with van der Waals surface area (Å²) >= 11 is 0.